The Kier molecular flexibility index (Phi) is 29.1. The van der Waals surface area contributed by atoms with E-state index >= 15 is 0 Å². The monoisotopic (exact) mass is 678 g/mol. The minimum atomic E-state index is -1.19. The average molecular weight is 679 g/mol. The van der Waals surface area contributed by atoms with Crippen LogP contribution in [0.25, 0.3) is 0 Å². The lowest BCUT2D eigenvalue weighted by molar-refractivity contribution is -0.141. The molecule has 0 fully saturated rings. The van der Waals surface area contributed by atoms with Crippen LogP contribution in [0.4, 0.5) is 0 Å². The highest BCUT2D eigenvalue weighted by Gasteiger charge is 2.10. The number of ketones is 1. The smallest absolute Gasteiger partial charge is 0.322 e. The third-order valence-electron chi connectivity index (χ3n) is 5.28. The molecule has 6 amide bonds. The number of methoxy groups -OCH3 is 2. The zero-order valence-electron chi connectivity index (χ0n) is 26.7. The summed E-state index contributed by atoms with van der Waals surface area (Å²) >= 11 is 0. The van der Waals surface area contributed by atoms with Crippen LogP contribution in [0.2, 0.25) is 0 Å². The number of carboxylic acids is 1. The summed E-state index contributed by atoms with van der Waals surface area (Å²) in [5.41, 5.74) is 0. The van der Waals surface area contributed by atoms with Crippen LogP contribution in [0.3, 0.4) is 0 Å². The van der Waals surface area contributed by atoms with E-state index in [9.17, 15) is 47.9 Å². The van der Waals surface area contributed by atoms with Crippen LogP contribution < -0.4 is 31.9 Å². The van der Waals surface area contributed by atoms with Gasteiger partial charge in [0.05, 0.1) is 46.9 Å². The van der Waals surface area contributed by atoms with Gasteiger partial charge in [0.15, 0.2) is 0 Å². The van der Waals surface area contributed by atoms with Crippen molar-refractivity contribution in [2.24, 2.45) is 0 Å². The molecule has 0 radical (unpaired) electrons. The van der Waals surface area contributed by atoms with Crippen LogP contribution in [0.15, 0.2) is 0 Å². The molecule has 20 heteroatoms. The number of nitrogens with one attached hydrogen (secondary N) is 6. The minimum Gasteiger partial charge on any atom is -0.480 e. The number of carboxylic acid groups (broad SMARTS) is 1. The molecule has 0 bridgehead atoms. The summed E-state index contributed by atoms with van der Waals surface area (Å²) in [6, 6.07) is 0. The Morgan fingerprint density at radius 1 is 0.447 bits per heavy atom. The van der Waals surface area contributed by atoms with Crippen LogP contribution in [0.1, 0.15) is 58.3 Å². The number of hydrogen-bond donors (Lipinski definition) is 7. The standard InChI is InChI=1S/C14H23N3O6.C13H21N3O7.H2O/c1-10(18)7-15-12(20)9-17-13(21)8-16-11(19)5-3-4-6-14(22)23-2;1-23-13(22)5-3-2-4-9(17)14-6-10(18)15-7-11(19)16-8-12(20)21;/h3-9H2,1-2H3,(H,15,20)(H,16,19)(H,17,21);2-8H2,1H3,(H,14,17)(H,15,18)(H,16,19)(H,20,21);1H2. The zero-order valence-corrected chi connectivity index (χ0v) is 26.7. The molecule has 0 spiro atoms. The third-order valence-corrected chi connectivity index (χ3v) is 5.28. The first-order chi connectivity index (χ1) is 21.7. The van der Waals surface area contributed by atoms with E-state index in [1.165, 1.54) is 21.1 Å². The highest BCUT2D eigenvalue weighted by atomic mass is 16.5. The van der Waals surface area contributed by atoms with E-state index in [0.717, 1.165) is 0 Å². The van der Waals surface area contributed by atoms with E-state index < -0.39 is 36.1 Å². The molecule has 0 rings (SSSR count). The second kappa shape index (κ2) is 29.6. The largest absolute Gasteiger partial charge is 0.480 e. The van der Waals surface area contributed by atoms with Gasteiger partial charge in [0, 0.05) is 25.7 Å². The average Bonchev–Trinajstić information content (AvgIpc) is 3.02. The number of hydrogen-bond acceptors (Lipinski definition) is 12. The van der Waals surface area contributed by atoms with Gasteiger partial charge in [0.2, 0.25) is 35.4 Å². The second-order valence-electron chi connectivity index (χ2n) is 9.32. The van der Waals surface area contributed by atoms with E-state index in [1.54, 1.807) is 0 Å². The first-order valence-electron chi connectivity index (χ1n) is 14.1. The van der Waals surface area contributed by atoms with E-state index in [4.69, 9.17) is 5.11 Å². The number of unbranched alkanes of at least 4 members (excludes halogenated alkanes) is 2. The fourth-order valence-corrected chi connectivity index (χ4v) is 2.85. The molecule has 268 valence electrons. The molecule has 0 unspecified atom stereocenters. The van der Waals surface area contributed by atoms with Crippen LogP contribution in [-0.2, 0) is 57.4 Å². The van der Waals surface area contributed by atoms with Gasteiger partial charge >= 0.3 is 17.9 Å². The molecule has 0 heterocycles. The quantitative estimate of drug-likeness (QED) is 0.0424. The Bertz CT molecular complexity index is 985. The van der Waals surface area contributed by atoms with Gasteiger partial charge in [-0.2, -0.15) is 0 Å². The molecular weight excluding hydrogens is 632 g/mol. The summed E-state index contributed by atoms with van der Waals surface area (Å²) in [6.07, 6.45) is 2.89. The van der Waals surface area contributed by atoms with E-state index in [2.05, 4.69) is 41.4 Å². The molecule has 0 aromatic heterocycles. The summed E-state index contributed by atoms with van der Waals surface area (Å²) in [6.45, 7) is -0.451. The summed E-state index contributed by atoms with van der Waals surface area (Å²) < 4.78 is 8.92. The number of carbonyl (C=O) groups excluding carboxylic acids is 9. The number of esters is 2. The maximum atomic E-state index is 11.5. The number of carbonyl (C=O) groups is 10. The zero-order chi connectivity index (χ0) is 35.3. The molecule has 0 saturated carbocycles. The highest BCUT2D eigenvalue weighted by molar-refractivity contribution is 5.90. The van der Waals surface area contributed by atoms with E-state index in [0.29, 0.717) is 25.7 Å². The molecule has 0 aliphatic heterocycles. The molecule has 0 aliphatic rings. The van der Waals surface area contributed by atoms with Crippen LogP contribution in [-0.4, -0.2) is 123 Å². The fourth-order valence-electron chi connectivity index (χ4n) is 2.85. The first kappa shape index (κ1) is 46.3. The van der Waals surface area contributed by atoms with Crippen molar-refractivity contribution >= 4 is 59.1 Å². The molecular formula is C27H46N6O14. The third kappa shape index (κ3) is 33.6. The van der Waals surface area contributed by atoms with Crippen molar-refractivity contribution < 1.29 is 68.0 Å². The van der Waals surface area contributed by atoms with E-state index in [-0.39, 0.29) is 93.4 Å². The van der Waals surface area contributed by atoms with Crippen molar-refractivity contribution in [1.82, 2.24) is 31.9 Å². The lowest BCUT2D eigenvalue weighted by atomic mass is 10.2. The van der Waals surface area contributed by atoms with Crippen molar-refractivity contribution in [3.63, 3.8) is 0 Å². The van der Waals surface area contributed by atoms with Crippen molar-refractivity contribution in [2.75, 3.05) is 53.5 Å². The molecule has 0 atom stereocenters. The molecule has 0 aromatic carbocycles. The van der Waals surface area contributed by atoms with Gasteiger partial charge in [0.25, 0.3) is 0 Å². The normalized spacial score (nSPS) is 9.43. The van der Waals surface area contributed by atoms with Gasteiger partial charge in [-0.3, -0.25) is 47.9 Å². The van der Waals surface area contributed by atoms with Crippen LogP contribution >= 0.6 is 0 Å². The van der Waals surface area contributed by atoms with E-state index in [1.807, 2.05) is 0 Å². The Labute approximate surface area is 271 Å². The topological polar surface area (TPSA) is 313 Å². The number of rotatable bonds is 22. The van der Waals surface area contributed by atoms with Gasteiger partial charge in [0.1, 0.15) is 12.3 Å². The van der Waals surface area contributed by atoms with Crippen molar-refractivity contribution in [2.45, 2.75) is 58.3 Å². The molecule has 0 aliphatic carbocycles. The molecule has 20 nitrogen and oxygen atoms in total. The van der Waals surface area contributed by atoms with Gasteiger partial charge in [-0.05, 0) is 32.6 Å². The molecule has 47 heavy (non-hydrogen) atoms. The number of amides is 6. The molecule has 0 aromatic rings. The van der Waals surface area contributed by atoms with Gasteiger partial charge < -0.3 is 52.0 Å². The van der Waals surface area contributed by atoms with Crippen molar-refractivity contribution in [3.05, 3.63) is 0 Å². The predicted molar refractivity (Wildman–Crippen MR) is 161 cm³/mol. The van der Waals surface area contributed by atoms with Crippen LogP contribution in [0.5, 0.6) is 0 Å². The van der Waals surface area contributed by atoms with Crippen LogP contribution in [0, 0.1) is 0 Å². The Morgan fingerprint density at radius 3 is 1.02 bits per heavy atom. The summed E-state index contributed by atoms with van der Waals surface area (Å²) in [4.78, 5) is 111. The maximum Gasteiger partial charge on any atom is 0.322 e. The first-order valence-corrected chi connectivity index (χ1v) is 14.1. The predicted octanol–water partition coefficient (Wildman–Crippen LogP) is -4.01. The summed E-state index contributed by atoms with van der Waals surface area (Å²) in [5.74, 6) is -4.92. The second-order valence-corrected chi connectivity index (χ2v) is 9.32. The molecule has 9 N–H and O–H groups in total. The van der Waals surface area contributed by atoms with Gasteiger partial charge in [-0.25, -0.2) is 0 Å². The van der Waals surface area contributed by atoms with Gasteiger partial charge in [-0.1, -0.05) is 0 Å². The minimum absolute atomic E-state index is 0. The number of aliphatic carboxylic acids is 1. The number of Topliss-reactive ketones (excluding diaryl/α,β-unsaturated/α-hetero) is 1. The maximum absolute atomic E-state index is 11.5. The highest BCUT2D eigenvalue weighted by Crippen LogP contribution is 2.01. The lowest BCUT2D eigenvalue weighted by Crippen LogP contribution is -2.42. The fraction of sp³-hybridized carbons (Fsp3) is 0.630. The van der Waals surface area contributed by atoms with Gasteiger partial charge in [-0.15, -0.1) is 0 Å². The lowest BCUT2D eigenvalue weighted by Gasteiger charge is -2.07. The SMILES string of the molecule is COC(=O)CCCCC(=O)NCC(=O)NCC(=O)NCC(=O)O.COC(=O)CCCCC(=O)NCC(=O)NCC(=O)NCC(C)=O.O. The Balaban J connectivity index is -0.000000807. The molecule has 0 saturated heterocycles. The van der Waals surface area contributed by atoms with Crippen molar-refractivity contribution in [3.8, 4) is 0 Å². The summed E-state index contributed by atoms with van der Waals surface area (Å²) in [5, 5.41) is 22.1. The summed E-state index contributed by atoms with van der Waals surface area (Å²) in [7, 11) is 2.59. The Morgan fingerprint density at radius 2 is 0.723 bits per heavy atom. The van der Waals surface area contributed by atoms with Crippen molar-refractivity contribution in [1.29, 1.82) is 0 Å². The number of ether oxygens (including phenoxy) is 2. The Hall–Kier alpha value is -5.14.